The van der Waals surface area contributed by atoms with Crippen molar-refractivity contribution in [2.24, 2.45) is 0 Å². The molecule has 4 amide bonds. The largest absolute Gasteiger partial charge is 0.399 e. The Hall–Kier alpha value is -5.24. The van der Waals surface area contributed by atoms with Crippen molar-refractivity contribution in [3.05, 3.63) is 119 Å². The van der Waals surface area contributed by atoms with E-state index in [0.717, 1.165) is 4.90 Å². The molecule has 36 heavy (non-hydrogen) atoms. The fraction of sp³-hybridized carbons (Fsp3) is 0. The van der Waals surface area contributed by atoms with E-state index < -0.39 is 11.8 Å². The second-order valence-corrected chi connectivity index (χ2v) is 8.15. The number of rotatable bonds is 5. The van der Waals surface area contributed by atoms with Gasteiger partial charge in [0.25, 0.3) is 23.6 Å². The molecule has 0 fully saturated rings. The number of hydrogen-bond acceptors (Lipinski definition) is 5. The number of amides is 4. The number of benzene rings is 4. The van der Waals surface area contributed by atoms with Crippen molar-refractivity contribution in [3.63, 3.8) is 0 Å². The summed E-state index contributed by atoms with van der Waals surface area (Å²) in [6.07, 6.45) is 0. The zero-order chi connectivity index (χ0) is 25.2. The highest BCUT2D eigenvalue weighted by Gasteiger charge is 2.37. The van der Waals surface area contributed by atoms with Crippen molar-refractivity contribution in [2.45, 2.75) is 0 Å². The molecule has 0 atom stereocenters. The lowest BCUT2D eigenvalue weighted by molar-refractivity contribution is 0.0924. The van der Waals surface area contributed by atoms with Crippen molar-refractivity contribution in [1.82, 2.24) is 0 Å². The van der Waals surface area contributed by atoms with E-state index in [2.05, 4.69) is 10.6 Å². The first-order valence-corrected chi connectivity index (χ1v) is 11.1. The Labute approximate surface area is 206 Å². The van der Waals surface area contributed by atoms with E-state index in [0.29, 0.717) is 33.9 Å². The Morgan fingerprint density at radius 3 is 1.92 bits per heavy atom. The predicted molar refractivity (Wildman–Crippen MR) is 137 cm³/mol. The molecule has 4 aromatic carbocycles. The fourth-order valence-electron chi connectivity index (χ4n) is 3.91. The summed E-state index contributed by atoms with van der Waals surface area (Å²) in [5, 5.41) is 5.51. The quantitative estimate of drug-likeness (QED) is 0.288. The molecule has 0 aromatic heterocycles. The Kier molecular flexibility index (Phi) is 5.75. The smallest absolute Gasteiger partial charge is 0.266 e. The number of hydrogen-bond donors (Lipinski definition) is 3. The van der Waals surface area contributed by atoms with Gasteiger partial charge in [0.1, 0.15) is 0 Å². The molecule has 0 aliphatic carbocycles. The number of nitrogen functional groups attached to an aromatic ring is 1. The zero-order valence-electron chi connectivity index (χ0n) is 18.9. The van der Waals surface area contributed by atoms with E-state index in [1.54, 1.807) is 78.9 Å². The van der Waals surface area contributed by atoms with Crippen LogP contribution in [0.4, 0.5) is 22.7 Å². The molecule has 4 aromatic rings. The maximum absolute atomic E-state index is 13.2. The third kappa shape index (κ3) is 4.30. The number of carbonyl (C=O) groups excluding carboxylic acids is 4. The number of nitrogens with zero attached hydrogens (tertiary/aromatic N) is 1. The van der Waals surface area contributed by atoms with Gasteiger partial charge in [0.15, 0.2) is 0 Å². The van der Waals surface area contributed by atoms with Gasteiger partial charge in [-0.15, -0.1) is 0 Å². The molecule has 0 saturated heterocycles. The van der Waals surface area contributed by atoms with Gasteiger partial charge in [0.2, 0.25) is 0 Å². The summed E-state index contributed by atoms with van der Waals surface area (Å²) in [4.78, 5) is 52.4. The summed E-state index contributed by atoms with van der Waals surface area (Å²) in [5.41, 5.74) is 8.63. The van der Waals surface area contributed by atoms with Crippen LogP contribution in [0, 0.1) is 0 Å². The highest BCUT2D eigenvalue weighted by Crippen LogP contribution is 2.31. The monoisotopic (exact) mass is 476 g/mol. The van der Waals surface area contributed by atoms with Crippen LogP contribution in [0.25, 0.3) is 0 Å². The van der Waals surface area contributed by atoms with E-state index in [9.17, 15) is 19.2 Å². The molecule has 1 aliphatic rings. The first-order chi connectivity index (χ1) is 17.4. The van der Waals surface area contributed by atoms with Gasteiger partial charge in [-0.1, -0.05) is 24.3 Å². The van der Waals surface area contributed by atoms with Crippen molar-refractivity contribution < 1.29 is 19.2 Å². The van der Waals surface area contributed by atoms with E-state index in [1.807, 2.05) is 6.07 Å². The van der Waals surface area contributed by atoms with Gasteiger partial charge in [-0.05, 0) is 72.8 Å². The number of imide groups is 1. The van der Waals surface area contributed by atoms with Gasteiger partial charge in [0, 0.05) is 28.2 Å². The van der Waals surface area contributed by atoms with Crippen molar-refractivity contribution in [1.29, 1.82) is 0 Å². The normalized spacial score (nSPS) is 12.3. The van der Waals surface area contributed by atoms with E-state index in [1.165, 1.54) is 12.1 Å². The Morgan fingerprint density at radius 2 is 1.22 bits per heavy atom. The summed E-state index contributed by atoms with van der Waals surface area (Å²) in [6, 6.07) is 26.2. The van der Waals surface area contributed by atoms with Gasteiger partial charge < -0.3 is 16.4 Å². The molecule has 4 N–H and O–H groups in total. The van der Waals surface area contributed by atoms with E-state index >= 15 is 0 Å². The minimum atomic E-state index is -0.523. The van der Waals surface area contributed by atoms with Crippen LogP contribution in [0.15, 0.2) is 97.1 Å². The van der Waals surface area contributed by atoms with Crippen LogP contribution in [-0.2, 0) is 0 Å². The summed E-state index contributed by atoms with van der Waals surface area (Å²) >= 11 is 0. The molecule has 0 spiro atoms. The molecule has 8 heteroatoms. The summed E-state index contributed by atoms with van der Waals surface area (Å²) in [5.74, 6) is -1.69. The Bertz CT molecular complexity index is 1510. The Balaban J connectivity index is 1.36. The second-order valence-electron chi connectivity index (χ2n) is 8.15. The maximum Gasteiger partial charge on any atom is 0.266 e. The molecule has 0 saturated carbocycles. The maximum atomic E-state index is 13.2. The van der Waals surface area contributed by atoms with E-state index in [4.69, 9.17) is 5.73 Å². The van der Waals surface area contributed by atoms with Gasteiger partial charge in [-0.2, -0.15) is 0 Å². The average molecular weight is 476 g/mol. The summed E-state index contributed by atoms with van der Waals surface area (Å²) < 4.78 is 0. The van der Waals surface area contributed by atoms with Crippen LogP contribution in [0.5, 0.6) is 0 Å². The van der Waals surface area contributed by atoms with Crippen LogP contribution >= 0.6 is 0 Å². The fourth-order valence-corrected chi connectivity index (χ4v) is 3.91. The van der Waals surface area contributed by atoms with Crippen LogP contribution < -0.4 is 21.3 Å². The van der Waals surface area contributed by atoms with Crippen LogP contribution in [0.1, 0.15) is 41.4 Å². The minimum absolute atomic E-state index is 0.175. The molecule has 1 aliphatic heterocycles. The molecule has 0 radical (unpaired) electrons. The number of nitrogens with two attached hydrogens (primary N) is 1. The SMILES string of the molecule is Nc1ccc(C(=O)Nc2ccc3c(c2)C(=O)N(c2cccc(NC(=O)c4ccccc4)c2)C3=O)cc1. The number of anilines is 4. The molecular weight excluding hydrogens is 456 g/mol. The van der Waals surface area contributed by atoms with Gasteiger partial charge >= 0.3 is 0 Å². The van der Waals surface area contributed by atoms with Crippen molar-refractivity contribution in [2.75, 3.05) is 21.3 Å². The zero-order valence-corrected chi connectivity index (χ0v) is 18.9. The first kappa shape index (κ1) is 22.5. The molecule has 8 nitrogen and oxygen atoms in total. The summed E-state index contributed by atoms with van der Waals surface area (Å²) in [6.45, 7) is 0. The standard InChI is InChI=1S/C28H20N4O4/c29-19-11-9-18(10-12-19)26(34)31-21-13-14-23-24(16-21)28(36)32(27(23)35)22-8-4-7-20(15-22)30-25(33)17-5-2-1-3-6-17/h1-16H,29H2,(H,30,33)(H,31,34). The second kappa shape index (κ2) is 9.19. The third-order valence-electron chi connectivity index (χ3n) is 5.72. The number of nitrogens with one attached hydrogen (secondary N) is 2. The lowest BCUT2D eigenvalue weighted by Gasteiger charge is -2.15. The lowest BCUT2D eigenvalue weighted by atomic mass is 10.1. The lowest BCUT2D eigenvalue weighted by Crippen LogP contribution is -2.29. The minimum Gasteiger partial charge on any atom is -0.399 e. The van der Waals surface area contributed by atoms with Crippen molar-refractivity contribution in [3.8, 4) is 0 Å². The highest BCUT2D eigenvalue weighted by atomic mass is 16.2. The van der Waals surface area contributed by atoms with Crippen LogP contribution in [-0.4, -0.2) is 23.6 Å². The molecule has 5 rings (SSSR count). The first-order valence-electron chi connectivity index (χ1n) is 11.1. The number of carbonyl (C=O) groups is 4. The Morgan fingerprint density at radius 1 is 0.611 bits per heavy atom. The highest BCUT2D eigenvalue weighted by molar-refractivity contribution is 6.34. The topological polar surface area (TPSA) is 122 Å². The summed E-state index contributed by atoms with van der Waals surface area (Å²) in [7, 11) is 0. The molecule has 0 unspecified atom stereocenters. The molecule has 0 bridgehead atoms. The van der Waals surface area contributed by atoms with Crippen LogP contribution in [0.2, 0.25) is 0 Å². The van der Waals surface area contributed by atoms with Gasteiger partial charge in [0.05, 0.1) is 16.8 Å². The third-order valence-corrected chi connectivity index (χ3v) is 5.72. The molecule has 1 heterocycles. The average Bonchev–Trinajstić information content (AvgIpc) is 3.14. The molecular formula is C28H20N4O4. The van der Waals surface area contributed by atoms with Crippen LogP contribution in [0.3, 0.4) is 0 Å². The van der Waals surface area contributed by atoms with Gasteiger partial charge in [-0.25, -0.2) is 4.90 Å². The van der Waals surface area contributed by atoms with E-state index in [-0.39, 0.29) is 22.9 Å². The predicted octanol–water partition coefficient (Wildman–Crippen LogP) is 4.57. The number of fused-ring (bicyclic) bond motifs is 1. The van der Waals surface area contributed by atoms with Gasteiger partial charge in [-0.3, -0.25) is 19.2 Å². The van der Waals surface area contributed by atoms with Crippen molar-refractivity contribution >= 4 is 46.4 Å². The molecule has 176 valence electrons.